The number of hydrogen-bond acceptors (Lipinski definition) is 3. The number of benzene rings is 1. The molecule has 0 aliphatic carbocycles. The van der Waals surface area contributed by atoms with E-state index in [1.807, 2.05) is 0 Å². The van der Waals surface area contributed by atoms with Crippen LogP contribution < -0.4 is 5.73 Å². The van der Waals surface area contributed by atoms with Gasteiger partial charge in [0.2, 0.25) is 11.8 Å². The summed E-state index contributed by atoms with van der Waals surface area (Å²) in [6.07, 6.45) is 2.31. The predicted molar refractivity (Wildman–Crippen MR) is 84.1 cm³/mol. The van der Waals surface area contributed by atoms with Crippen LogP contribution in [0.15, 0.2) is 24.3 Å². The Kier molecular flexibility index (Phi) is 5.71. The second-order valence-corrected chi connectivity index (χ2v) is 6.04. The Bertz CT molecular complexity index is 579. The van der Waals surface area contributed by atoms with E-state index in [0.717, 1.165) is 12.8 Å². The van der Waals surface area contributed by atoms with E-state index >= 15 is 0 Å². The number of halogens is 1. The largest absolute Gasteiger partial charge is 0.376 e. The highest BCUT2D eigenvalue weighted by atomic mass is 19.1. The maximum atomic E-state index is 13.7. The summed E-state index contributed by atoms with van der Waals surface area (Å²) < 4.78 is 19.3. The number of rotatable bonds is 6. The van der Waals surface area contributed by atoms with Gasteiger partial charge in [-0.1, -0.05) is 18.2 Å². The van der Waals surface area contributed by atoms with Gasteiger partial charge < -0.3 is 15.4 Å². The van der Waals surface area contributed by atoms with Gasteiger partial charge in [-0.2, -0.15) is 0 Å². The smallest absolute Gasteiger partial charge is 0.227 e. The van der Waals surface area contributed by atoms with Crippen molar-refractivity contribution in [1.29, 1.82) is 0 Å². The Balaban J connectivity index is 2.03. The van der Waals surface area contributed by atoms with Crippen LogP contribution in [0, 0.1) is 5.82 Å². The molecule has 1 atom stereocenters. The van der Waals surface area contributed by atoms with Crippen molar-refractivity contribution in [1.82, 2.24) is 4.90 Å². The highest BCUT2D eigenvalue weighted by Crippen LogP contribution is 2.29. The maximum absolute atomic E-state index is 13.7. The van der Waals surface area contributed by atoms with E-state index in [1.165, 1.54) is 6.07 Å². The second-order valence-electron chi connectivity index (χ2n) is 6.04. The number of likely N-dealkylation sites (tertiary alicyclic amines) is 1. The highest BCUT2D eigenvalue weighted by molar-refractivity contribution is 5.79. The number of methoxy groups -OCH3 is 1. The number of primary amides is 1. The molecule has 0 saturated carbocycles. The van der Waals surface area contributed by atoms with Gasteiger partial charge in [0.1, 0.15) is 5.82 Å². The van der Waals surface area contributed by atoms with Crippen molar-refractivity contribution >= 4 is 11.8 Å². The number of amides is 2. The summed E-state index contributed by atoms with van der Waals surface area (Å²) >= 11 is 0. The van der Waals surface area contributed by atoms with E-state index in [0.29, 0.717) is 25.1 Å². The quantitative estimate of drug-likeness (QED) is 0.865. The molecule has 6 heteroatoms. The Hall–Kier alpha value is -1.95. The molecule has 126 valence electrons. The first-order chi connectivity index (χ1) is 11.0. The summed E-state index contributed by atoms with van der Waals surface area (Å²) in [5.74, 6) is -0.879. The fourth-order valence-corrected chi connectivity index (χ4v) is 3.05. The van der Waals surface area contributed by atoms with Crippen molar-refractivity contribution in [2.75, 3.05) is 20.2 Å². The average Bonchev–Trinajstić information content (AvgIpc) is 2.55. The van der Waals surface area contributed by atoms with E-state index in [1.54, 1.807) is 30.2 Å². The van der Waals surface area contributed by atoms with Gasteiger partial charge in [0.05, 0.1) is 12.0 Å². The molecule has 2 N–H and O–H groups in total. The molecule has 23 heavy (non-hydrogen) atoms. The molecule has 1 aliphatic rings. The molecule has 0 bridgehead atoms. The summed E-state index contributed by atoms with van der Waals surface area (Å²) in [5.41, 5.74) is 5.07. The fraction of sp³-hybridized carbons (Fsp3) is 0.529. The molecule has 1 unspecified atom stereocenters. The molecule has 2 rings (SSSR count). The second kappa shape index (κ2) is 7.55. The minimum absolute atomic E-state index is 0.0300. The predicted octanol–water partition coefficient (Wildman–Crippen LogP) is 1.64. The minimum atomic E-state index is -0.543. The molecule has 1 aromatic carbocycles. The van der Waals surface area contributed by atoms with Crippen LogP contribution in [0.2, 0.25) is 0 Å². The summed E-state index contributed by atoms with van der Waals surface area (Å²) in [4.78, 5) is 25.2. The van der Waals surface area contributed by atoms with Crippen LogP contribution in [0.3, 0.4) is 0 Å². The van der Waals surface area contributed by atoms with Gasteiger partial charge in [-0.15, -0.1) is 0 Å². The molecular formula is C17H23FN2O3. The average molecular weight is 322 g/mol. The number of nitrogens with zero attached hydrogens (tertiary/aromatic N) is 1. The van der Waals surface area contributed by atoms with Crippen molar-refractivity contribution in [3.63, 3.8) is 0 Å². The van der Waals surface area contributed by atoms with E-state index in [9.17, 15) is 14.0 Å². The lowest BCUT2D eigenvalue weighted by atomic mass is 9.87. The van der Waals surface area contributed by atoms with Crippen molar-refractivity contribution in [3.05, 3.63) is 35.6 Å². The van der Waals surface area contributed by atoms with Crippen LogP contribution in [0.1, 0.15) is 31.2 Å². The molecule has 5 nitrogen and oxygen atoms in total. The molecule has 0 spiro atoms. The van der Waals surface area contributed by atoms with E-state index < -0.39 is 5.60 Å². The lowest BCUT2D eigenvalue weighted by Crippen LogP contribution is -2.52. The third-order valence-corrected chi connectivity index (χ3v) is 4.45. The van der Waals surface area contributed by atoms with Crippen molar-refractivity contribution < 1.29 is 18.7 Å². The third-order valence-electron chi connectivity index (χ3n) is 4.45. The van der Waals surface area contributed by atoms with Gasteiger partial charge in [0.25, 0.3) is 0 Å². The van der Waals surface area contributed by atoms with E-state index in [4.69, 9.17) is 10.5 Å². The molecule has 1 heterocycles. The summed E-state index contributed by atoms with van der Waals surface area (Å²) in [7, 11) is 1.59. The van der Waals surface area contributed by atoms with Crippen LogP contribution in [0.25, 0.3) is 0 Å². The fourth-order valence-electron chi connectivity index (χ4n) is 3.05. The molecule has 1 aromatic rings. The molecule has 1 aliphatic heterocycles. The van der Waals surface area contributed by atoms with Crippen molar-refractivity contribution in [3.8, 4) is 0 Å². The van der Waals surface area contributed by atoms with Crippen molar-refractivity contribution in [2.24, 2.45) is 5.73 Å². The number of ether oxygens (including phenoxy) is 1. The van der Waals surface area contributed by atoms with Crippen LogP contribution in [-0.2, 0) is 20.7 Å². The molecule has 2 amide bonds. The van der Waals surface area contributed by atoms with Crippen LogP contribution in [0.5, 0.6) is 0 Å². The van der Waals surface area contributed by atoms with Crippen LogP contribution in [0.4, 0.5) is 4.39 Å². The third kappa shape index (κ3) is 4.51. The van der Waals surface area contributed by atoms with E-state index in [2.05, 4.69) is 0 Å². The maximum Gasteiger partial charge on any atom is 0.227 e. The Morgan fingerprint density at radius 2 is 2.13 bits per heavy atom. The topological polar surface area (TPSA) is 72.6 Å². The number of carbonyl (C=O) groups is 2. The van der Waals surface area contributed by atoms with Crippen molar-refractivity contribution in [2.45, 2.75) is 37.7 Å². The van der Waals surface area contributed by atoms with Gasteiger partial charge in [-0.3, -0.25) is 9.59 Å². The Morgan fingerprint density at radius 3 is 2.78 bits per heavy atom. The minimum Gasteiger partial charge on any atom is -0.376 e. The molecule has 1 saturated heterocycles. The first-order valence-electron chi connectivity index (χ1n) is 7.80. The zero-order valence-corrected chi connectivity index (χ0v) is 13.4. The zero-order valence-electron chi connectivity index (χ0n) is 13.4. The number of piperidine rings is 1. The lowest BCUT2D eigenvalue weighted by Gasteiger charge is -2.42. The highest BCUT2D eigenvalue weighted by Gasteiger charge is 2.37. The number of hydrogen-bond donors (Lipinski definition) is 1. The summed E-state index contributed by atoms with van der Waals surface area (Å²) in [6.45, 7) is 1.03. The normalized spacial score (nSPS) is 21.2. The first-order valence-corrected chi connectivity index (χ1v) is 7.80. The molecule has 0 aromatic heterocycles. The summed E-state index contributed by atoms with van der Waals surface area (Å²) in [6, 6.07) is 6.29. The van der Waals surface area contributed by atoms with Crippen LogP contribution >= 0.6 is 0 Å². The lowest BCUT2D eigenvalue weighted by molar-refractivity contribution is -0.140. The Labute approximate surface area is 135 Å². The molecule has 1 fully saturated rings. The molecule has 0 radical (unpaired) electrons. The van der Waals surface area contributed by atoms with Gasteiger partial charge >= 0.3 is 0 Å². The van der Waals surface area contributed by atoms with Gasteiger partial charge in [0, 0.05) is 26.6 Å². The van der Waals surface area contributed by atoms with Crippen LogP contribution in [-0.4, -0.2) is 42.5 Å². The Morgan fingerprint density at radius 1 is 1.39 bits per heavy atom. The first kappa shape index (κ1) is 17.4. The monoisotopic (exact) mass is 322 g/mol. The van der Waals surface area contributed by atoms with Gasteiger partial charge in [0.15, 0.2) is 0 Å². The zero-order chi connectivity index (χ0) is 16.9. The number of carbonyl (C=O) groups excluding carboxylic acids is 2. The van der Waals surface area contributed by atoms with E-state index in [-0.39, 0.29) is 30.5 Å². The standard InChI is InChI=1S/C17H23FN2O3/c1-23-17(9-7-15(19)21)8-4-10-20(12-17)16(22)11-13-5-2-3-6-14(13)18/h2-3,5-6H,4,7-12H2,1H3,(H2,19,21). The SMILES string of the molecule is COC1(CCC(N)=O)CCCN(C(=O)Cc2ccccc2F)C1. The van der Waals surface area contributed by atoms with Gasteiger partial charge in [-0.05, 0) is 30.9 Å². The molecular weight excluding hydrogens is 299 g/mol. The van der Waals surface area contributed by atoms with Gasteiger partial charge in [-0.25, -0.2) is 4.39 Å². The number of nitrogens with two attached hydrogens (primary N) is 1. The summed E-state index contributed by atoms with van der Waals surface area (Å²) in [5, 5.41) is 0.